The van der Waals surface area contributed by atoms with E-state index in [0.29, 0.717) is 11.7 Å². The van der Waals surface area contributed by atoms with Crippen LogP contribution in [0.4, 0.5) is 5.82 Å². The van der Waals surface area contributed by atoms with E-state index in [9.17, 15) is 0 Å². The van der Waals surface area contributed by atoms with Crippen molar-refractivity contribution in [1.29, 1.82) is 0 Å². The molecule has 0 N–H and O–H groups in total. The van der Waals surface area contributed by atoms with Crippen LogP contribution < -0.4 is 0 Å². The number of fused-ring (bicyclic) bond motifs is 1. The molecular formula is C14H14N2. The first-order chi connectivity index (χ1) is 7.61. The Balaban J connectivity index is 2.70. The average Bonchev–Trinajstić information content (AvgIpc) is 2.27. The van der Waals surface area contributed by atoms with Gasteiger partial charge in [0.1, 0.15) is 0 Å². The van der Waals surface area contributed by atoms with Gasteiger partial charge < -0.3 is 4.85 Å². The SMILES string of the molecule is [C-]#[N+]c1ccc2cc(C(C)C)c(C)cc2n1. The number of aromatic nitrogens is 1. The highest BCUT2D eigenvalue weighted by Crippen LogP contribution is 2.25. The van der Waals surface area contributed by atoms with E-state index in [-0.39, 0.29) is 0 Å². The van der Waals surface area contributed by atoms with E-state index in [1.54, 1.807) is 6.07 Å². The van der Waals surface area contributed by atoms with Crippen molar-refractivity contribution in [2.24, 2.45) is 0 Å². The zero-order chi connectivity index (χ0) is 11.7. The third-order valence-corrected chi connectivity index (χ3v) is 2.80. The molecule has 0 saturated heterocycles. The maximum atomic E-state index is 6.95. The van der Waals surface area contributed by atoms with Gasteiger partial charge in [0.25, 0.3) is 5.82 Å². The van der Waals surface area contributed by atoms with Gasteiger partial charge in [-0.2, -0.15) is 0 Å². The number of hydrogen-bond donors (Lipinski definition) is 0. The highest BCUT2D eigenvalue weighted by Gasteiger charge is 2.08. The van der Waals surface area contributed by atoms with Crippen molar-refractivity contribution in [3.05, 3.63) is 46.8 Å². The minimum atomic E-state index is 0.462. The molecule has 2 heteroatoms. The molecule has 1 aromatic heterocycles. The molecule has 0 aliphatic carbocycles. The minimum absolute atomic E-state index is 0.462. The Labute approximate surface area is 95.8 Å². The van der Waals surface area contributed by atoms with Crippen molar-refractivity contribution in [3.8, 4) is 0 Å². The molecule has 0 aliphatic heterocycles. The molecule has 16 heavy (non-hydrogen) atoms. The van der Waals surface area contributed by atoms with Crippen molar-refractivity contribution in [2.45, 2.75) is 26.7 Å². The lowest BCUT2D eigenvalue weighted by Gasteiger charge is -2.09. The summed E-state index contributed by atoms with van der Waals surface area (Å²) in [7, 11) is 0. The van der Waals surface area contributed by atoms with E-state index in [2.05, 4.69) is 42.7 Å². The van der Waals surface area contributed by atoms with Crippen molar-refractivity contribution >= 4 is 16.7 Å². The van der Waals surface area contributed by atoms with Crippen molar-refractivity contribution in [3.63, 3.8) is 0 Å². The fraction of sp³-hybridized carbons (Fsp3) is 0.286. The Morgan fingerprint density at radius 1 is 1.25 bits per heavy atom. The third-order valence-electron chi connectivity index (χ3n) is 2.80. The molecule has 2 aromatic rings. The first-order valence-electron chi connectivity index (χ1n) is 5.40. The van der Waals surface area contributed by atoms with Crippen LogP contribution >= 0.6 is 0 Å². The Morgan fingerprint density at radius 3 is 2.62 bits per heavy atom. The van der Waals surface area contributed by atoms with E-state index in [0.717, 1.165) is 10.9 Å². The topological polar surface area (TPSA) is 17.2 Å². The van der Waals surface area contributed by atoms with Crippen LogP contribution in [0.2, 0.25) is 0 Å². The van der Waals surface area contributed by atoms with Crippen LogP contribution in [0.3, 0.4) is 0 Å². The summed E-state index contributed by atoms with van der Waals surface area (Å²) in [4.78, 5) is 7.65. The predicted molar refractivity (Wildman–Crippen MR) is 66.8 cm³/mol. The van der Waals surface area contributed by atoms with Gasteiger partial charge in [-0.15, -0.1) is 4.98 Å². The van der Waals surface area contributed by atoms with E-state index in [4.69, 9.17) is 6.57 Å². The number of aryl methyl sites for hydroxylation is 1. The highest BCUT2D eigenvalue weighted by atomic mass is 14.9. The Kier molecular flexibility index (Phi) is 2.62. The molecule has 0 radical (unpaired) electrons. The average molecular weight is 210 g/mol. The number of rotatable bonds is 1. The summed E-state index contributed by atoms with van der Waals surface area (Å²) in [6, 6.07) is 7.99. The van der Waals surface area contributed by atoms with Gasteiger partial charge in [0.2, 0.25) is 0 Å². The van der Waals surface area contributed by atoms with E-state index in [1.165, 1.54) is 11.1 Å². The van der Waals surface area contributed by atoms with Crippen LogP contribution in [0.15, 0.2) is 24.3 Å². The second-order valence-electron chi connectivity index (χ2n) is 4.34. The molecule has 0 saturated carbocycles. The quantitative estimate of drug-likeness (QED) is 0.644. The molecule has 0 bridgehead atoms. The Bertz CT molecular complexity index is 577. The molecular weight excluding hydrogens is 196 g/mol. The fourth-order valence-electron chi connectivity index (χ4n) is 1.97. The van der Waals surface area contributed by atoms with Crippen LogP contribution in [-0.4, -0.2) is 4.98 Å². The molecule has 80 valence electrons. The molecule has 2 rings (SSSR count). The van der Waals surface area contributed by atoms with Gasteiger partial charge in [-0.3, -0.25) is 0 Å². The third kappa shape index (κ3) is 1.77. The predicted octanol–water partition coefficient (Wildman–Crippen LogP) is 4.22. The van der Waals surface area contributed by atoms with Crippen molar-refractivity contribution in [2.75, 3.05) is 0 Å². The normalized spacial score (nSPS) is 10.7. The monoisotopic (exact) mass is 210 g/mol. The highest BCUT2D eigenvalue weighted by molar-refractivity contribution is 5.82. The smallest absolute Gasteiger partial charge is 0.270 e. The van der Waals surface area contributed by atoms with E-state index < -0.39 is 0 Å². The number of nitrogens with zero attached hydrogens (tertiary/aromatic N) is 2. The number of benzene rings is 1. The van der Waals surface area contributed by atoms with Crippen LogP contribution in [0.5, 0.6) is 0 Å². The van der Waals surface area contributed by atoms with Crippen LogP contribution in [-0.2, 0) is 0 Å². The second kappa shape index (κ2) is 3.94. The van der Waals surface area contributed by atoms with Gasteiger partial charge >= 0.3 is 0 Å². The van der Waals surface area contributed by atoms with Gasteiger partial charge in [0, 0.05) is 5.39 Å². The van der Waals surface area contributed by atoms with E-state index >= 15 is 0 Å². The molecule has 1 heterocycles. The lowest BCUT2D eigenvalue weighted by Crippen LogP contribution is -1.92. The zero-order valence-corrected chi connectivity index (χ0v) is 9.78. The molecule has 0 fully saturated rings. The lowest BCUT2D eigenvalue weighted by atomic mass is 9.96. The molecule has 2 nitrogen and oxygen atoms in total. The Hall–Kier alpha value is -1.88. The van der Waals surface area contributed by atoms with Crippen molar-refractivity contribution in [1.82, 2.24) is 4.98 Å². The standard InChI is InChI=1S/C14H14N2/c1-9(2)12-8-11-5-6-14(15-4)16-13(11)7-10(12)3/h5-9H,1-3H3. The summed E-state index contributed by atoms with van der Waals surface area (Å²) >= 11 is 0. The summed E-state index contributed by atoms with van der Waals surface area (Å²) in [5.41, 5.74) is 3.51. The summed E-state index contributed by atoms with van der Waals surface area (Å²) in [6.45, 7) is 13.4. The zero-order valence-electron chi connectivity index (χ0n) is 9.78. The van der Waals surface area contributed by atoms with E-state index in [1.807, 2.05) is 6.07 Å². The van der Waals surface area contributed by atoms with Gasteiger partial charge in [-0.05, 0) is 42.2 Å². The van der Waals surface area contributed by atoms with Gasteiger partial charge in [0.15, 0.2) is 5.52 Å². The summed E-state index contributed by atoms with van der Waals surface area (Å²) in [5.74, 6) is 0.981. The molecule has 0 unspecified atom stereocenters. The summed E-state index contributed by atoms with van der Waals surface area (Å²) in [6.07, 6.45) is 0. The lowest BCUT2D eigenvalue weighted by molar-refractivity contribution is 0.858. The maximum absolute atomic E-state index is 6.95. The summed E-state index contributed by atoms with van der Waals surface area (Å²) < 4.78 is 0. The van der Waals surface area contributed by atoms with Crippen LogP contribution in [0.1, 0.15) is 30.9 Å². The second-order valence-corrected chi connectivity index (χ2v) is 4.34. The molecule has 0 aliphatic rings. The molecule has 1 aromatic carbocycles. The van der Waals surface area contributed by atoms with Gasteiger partial charge in [-0.25, -0.2) is 0 Å². The van der Waals surface area contributed by atoms with Gasteiger partial charge in [-0.1, -0.05) is 26.5 Å². The fourth-order valence-corrected chi connectivity index (χ4v) is 1.97. The van der Waals surface area contributed by atoms with Crippen molar-refractivity contribution < 1.29 is 0 Å². The van der Waals surface area contributed by atoms with Crippen LogP contribution in [0.25, 0.3) is 15.7 Å². The molecule has 0 atom stereocenters. The number of hydrogen-bond acceptors (Lipinski definition) is 1. The maximum Gasteiger partial charge on any atom is 0.270 e. The minimum Gasteiger partial charge on any atom is -0.361 e. The summed E-state index contributed by atoms with van der Waals surface area (Å²) in [5, 5.41) is 1.11. The largest absolute Gasteiger partial charge is 0.361 e. The van der Waals surface area contributed by atoms with Gasteiger partial charge in [0.05, 0.1) is 0 Å². The molecule has 0 spiro atoms. The van der Waals surface area contributed by atoms with Crippen LogP contribution in [0, 0.1) is 13.5 Å². The number of pyridine rings is 1. The first kappa shape index (κ1) is 10.6. The first-order valence-corrected chi connectivity index (χ1v) is 5.40. The Morgan fingerprint density at radius 2 is 2.00 bits per heavy atom. The molecule has 0 amide bonds.